The first-order chi connectivity index (χ1) is 13.7. The molecule has 0 saturated heterocycles. The van der Waals surface area contributed by atoms with Crippen LogP contribution >= 0.6 is 0 Å². The van der Waals surface area contributed by atoms with Gasteiger partial charge in [0.05, 0.1) is 29.5 Å². The summed E-state index contributed by atoms with van der Waals surface area (Å²) in [4.78, 5) is 11.3. The maximum absolute atomic E-state index is 13.4. The normalized spacial score (nSPS) is 17.6. The lowest BCUT2D eigenvalue weighted by Gasteiger charge is -2.36. The summed E-state index contributed by atoms with van der Waals surface area (Å²) in [6, 6.07) is 10.2. The predicted octanol–water partition coefficient (Wildman–Crippen LogP) is 3.95. The Labute approximate surface area is 167 Å². The van der Waals surface area contributed by atoms with Gasteiger partial charge < -0.3 is 4.74 Å². The molecule has 1 atom stereocenters. The lowest BCUT2D eigenvalue weighted by molar-refractivity contribution is -0.144. The van der Waals surface area contributed by atoms with E-state index in [-0.39, 0.29) is 19.6 Å². The van der Waals surface area contributed by atoms with Crippen LogP contribution in [0.15, 0.2) is 53.4 Å². The van der Waals surface area contributed by atoms with Crippen molar-refractivity contribution >= 4 is 16.0 Å². The molecule has 29 heavy (non-hydrogen) atoms. The van der Waals surface area contributed by atoms with Gasteiger partial charge in [-0.1, -0.05) is 36.4 Å². The zero-order chi connectivity index (χ0) is 21.2. The molecule has 3 rings (SSSR count). The van der Waals surface area contributed by atoms with Crippen molar-refractivity contribution in [3.63, 3.8) is 0 Å². The zero-order valence-corrected chi connectivity index (χ0v) is 16.5. The molecule has 9 heteroatoms. The molecule has 2 aromatic carbocycles. The van der Waals surface area contributed by atoms with Gasteiger partial charge in [0.1, 0.15) is 0 Å². The van der Waals surface area contributed by atoms with Crippen LogP contribution in [0.3, 0.4) is 0 Å². The van der Waals surface area contributed by atoms with E-state index in [4.69, 9.17) is 4.74 Å². The number of hydrogen-bond donors (Lipinski definition) is 0. The van der Waals surface area contributed by atoms with Crippen LogP contribution in [-0.2, 0) is 32.2 Å². The highest BCUT2D eigenvalue weighted by molar-refractivity contribution is 7.89. The van der Waals surface area contributed by atoms with Crippen molar-refractivity contribution in [3.05, 3.63) is 65.2 Å². The summed E-state index contributed by atoms with van der Waals surface area (Å²) >= 11 is 0. The predicted molar refractivity (Wildman–Crippen MR) is 99.5 cm³/mol. The summed E-state index contributed by atoms with van der Waals surface area (Å²) in [5.74, 6) is -0.612. The quantitative estimate of drug-likeness (QED) is 0.678. The van der Waals surface area contributed by atoms with Gasteiger partial charge in [-0.05, 0) is 36.6 Å². The van der Waals surface area contributed by atoms with Crippen LogP contribution < -0.4 is 0 Å². The zero-order valence-electron chi connectivity index (χ0n) is 15.6. The van der Waals surface area contributed by atoms with E-state index in [2.05, 4.69) is 0 Å². The van der Waals surface area contributed by atoms with Crippen LogP contribution in [0, 0.1) is 0 Å². The molecule has 1 aliphatic rings. The monoisotopic (exact) mass is 427 g/mol. The standard InChI is InChI=1S/C20H20F3NO4S/c1-2-28-19(25)13-17-15-8-4-3-7-14(15)11-12-24(17)29(26,27)18-10-6-5-9-16(18)20(21,22)23/h3-10,17H,2,11-13H2,1H3. The number of sulfonamides is 1. The SMILES string of the molecule is CCOC(=O)CC1c2ccccc2CCN1S(=O)(=O)c1ccccc1C(F)(F)F. The number of alkyl halides is 3. The fourth-order valence-electron chi connectivity index (χ4n) is 3.56. The number of nitrogens with zero attached hydrogens (tertiary/aromatic N) is 1. The van der Waals surface area contributed by atoms with Gasteiger partial charge in [0.2, 0.25) is 10.0 Å². The van der Waals surface area contributed by atoms with Gasteiger partial charge in [-0.2, -0.15) is 17.5 Å². The molecule has 0 aromatic heterocycles. The Balaban J connectivity index is 2.09. The Morgan fingerprint density at radius 2 is 1.79 bits per heavy atom. The number of benzene rings is 2. The van der Waals surface area contributed by atoms with E-state index in [1.165, 1.54) is 6.07 Å². The minimum atomic E-state index is -4.83. The molecule has 0 amide bonds. The maximum atomic E-state index is 13.4. The molecular weight excluding hydrogens is 407 g/mol. The van der Waals surface area contributed by atoms with Crippen molar-refractivity contribution in [1.82, 2.24) is 4.31 Å². The Morgan fingerprint density at radius 1 is 1.14 bits per heavy atom. The maximum Gasteiger partial charge on any atom is 0.417 e. The number of fused-ring (bicyclic) bond motifs is 1. The molecule has 0 fully saturated rings. The Kier molecular flexibility index (Phi) is 6.00. The number of esters is 1. The van der Waals surface area contributed by atoms with Gasteiger partial charge in [-0.25, -0.2) is 8.42 Å². The molecular formula is C20H20F3NO4S. The number of hydrogen-bond acceptors (Lipinski definition) is 4. The molecule has 0 bridgehead atoms. The smallest absolute Gasteiger partial charge is 0.417 e. The Bertz CT molecular complexity index is 1000. The number of carbonyl (C=O) groups excluding carboxylic acids is 1. The van der Waals surface area contributed by atoms with E-state index in [1.807, 2.05) is 6.07 Å². The molecule has 2 aromatic rings. The average Bonchev–Trinajstić information content (AvgIpc) is 2.67. The second kappa shape index (κ2) is 8.16. The van der Waals surface area contributed by atoms with Crippen LogP contribution in [0.2, 0.25) is 0 Å². The number of halogens is 3. The van der Waals surface area contributed by atoms with Crippen molar-refractivity contribution in [2.75, 3.05) is 13.2 Å². The van der Waals surface area contributed by atoms with E-state index >= 15 is 0 Å². The second-order valence-corrected chi connectivity index (χ2v) is 8.44. The summed E-state index contributed by atoms with van der Waals surface area (Å²) < 4.78 is 72.8. The minimum absolute atomic E-state index is 0.0321. The third-order valence-corrected chi connectivity index (χ3v) is 6.77. The first-order valence-electron chi connectivity index (χ1n) is 9.07. The second-order valence-electron chi connectivity index (χ2n) is 6.58. The minimum Gasteiger partial charge on any atom is -0.466 e. The van der Waals surface area contributed by atoms with E-state index in [1.54, 1.807) is 25.1 Å². The van der Waals surface area contributed by atoms with Crippen LogP contribution in [0.5, 0.6) is 0 Å². The van der Waals surface area contributed by atoms with Gasteiger partial charge in [-0.3, -0.25) is 4.79 Å². The third-order valence-electron chi connectivity index (χ3n) is 4.81. The van der Waals surface area contributed by atoms with Gasteiger partial charge in [-0.15, -0.1) is 0 Å². The van der Waals surface area contributed by atoms with Crippen molar-refractivity contribution in [2.24, 2.45) is 0 Å². The topological polar surface area (TPSA) is 63.7 Å². The van der Waals surface area contributed by atoms with Gasteiger partial charge >= 0.3 is 12.1 Å². The average molecular weight is 427 g/mol. The van der Waals surface area contributed by atoms with E-state index in [9.17, 15) is 26.4 Å². The van der Waals surface area contributed by atoms with Crippen LogP contribution in [0.1, 0.15) is 36.1 Å². The highest BCUT2D eigenvalue weighted by Crippen LogP contribution is 2.40. The van der Waals surface area contributed by atoms with E-state index in [0.29, 0.717) is 12.0 Å². The van der Waals surface area contributed by atoms with E-state index < -0.39 is 38.7 Å². The number of carbonyl (C=O) groups is 1. The summed E-state index contributed by atoms with van der Waals surface area (Å²) in [5.41, 5.74) is 0.228. The first-order valence-corrected chi connectivity index (χ1v) is 10.5. The molecule has 0 radical (unpaired) electrons. The molecule has 1 unspecified atom stereocenters. The number of ether oxygens (including phenoxy) is 1. The molecule has 1 aliphatic heterocycles. The van der Waals surface area contributed by atoms with Gasteiger partial charge in [0, 0.05) is 6.54 Å². The molecule has 0 aliphatic carbocycles. The van der Waals surface area contributed by atoms with E-state index in [0.717, 1.165) is 28.1 Å². The van der Waals surface area contributed by atoms with Crippen LogP contribution in [-0.4, -0.2) is 31.8 Å². The summed E-state index contributed by atoms with van der Waals surface area (Å²) in [6.07, 6.45) is -4.77. The summed E-state index contributed by atoms with van der Waals surface area (Å²) in [7, 11) is -4.52. The Hall–Kier alpha value is -2.39. The fraction of sp³-hybridized carbons (Fsp3) is 0.350. The first kappa shape index (κ1) is 21.3. The lowest BCUT2D eigenvalue weighted by Crippen LogP contribution is -2.41. The fourth-order valence-corrected chi connectivity index (χ4v) is 5.38. The van der Waals surface area contributed by atoms with Crippen LogP contribution in [0.4, 0.5) is 13.2 Å². The number of rotatable bonds is 5. The highest BCUT2D eigenvalue weighted by atomic mass is 32.2. The molecule has 1 heterocycles. The molecule has 156 valence electrons. The van der Waals surface area contributed by atoms with Crippen molar-refractivity contribution in [2.45, 2.75) is 36.9 Å². The van der Waals surface area contributed by atoms with Crippen molar-refractivity contribution in [1.29, 1.82) is 0 Å². The summed E-state index contributed by atoms with van der Waals surface area (Å²) in [5, 5.41) is 0. The van der Waals surface area contributed by atoms with Crippen LogP contribution in [0.25, 0.3) is 0 Å². The molecule has 5 nitrogen and oxygen atoms in total. The summed E-state index contributed by atoms with van der Waals surface area (Å²) in [6.45, 7) is 1.72. The molecule has 0 spiro atoms. The van der Waals surface area contributed by atoms with Gasteiger partial charge in [0.25, 0.3) is 0 Å². The molecule has 0 N–H and O–H groups in total. The molecule has 0 saturated carbocycles. The highest BCUT2D eigenvalue weighted by Gasteiger charge is 2.42. The van der Waals surface area contributed by atoms with Crippen molar-refractivity contribution < 1.29 is 31.1 Å². The van der Waals surface area contributed by atoms with Gasteiger partial charge in [0.15, 0.2) is 0 Å². The Morgan fingerprint density at radius 3 is 2.48 bits per heavy atom. The lowest BCUT2D eigenvalue weighted by atomic mass is 9.92. The van der Waals surface area contributed by atoms with Crippen molar-refractivity contribution in [3.8, 4) is 0 Å². The third kappa shape index (κ3) is 4.30. The largest absolute Gasteiger partial charge is 0.466 e.